The minimum Gasteiger partial charge on any atom is -0.497 e. The smallest absolute Gasteiger partial charge is 0.253 e. The van der Waals surface area contributed by atoms with Gasteiger partial charge in [-0.25, -0.2) is 0 Å². The third-order valence-corrected chi connectivity index (χ3v) is 8.62. The number of amides is 1. The molecule has 0 aromatic heterocycles. The summed E-state index contributed by atoms with van der Waals surface area (Å²) in [4.78, 5) is 15.0. The molecule has 2 saturated heterocycles. The van der Waals surface area contributed by atoms with E-state index in [0.29, 0.717) is 17.9 Å². The first kappa shape index (κ1) is 26.1. The van der Waals surface area contributed by atoms with Crippen LogP contribution in [-0.4, -0.2) is 49.9 Å². The fourth-order valence-electron chi connectivity index (χ4n) is 6.48. The first-order valence-electron chi connectivity index (χ1n) is 14.5. The van der Waals surface area contributed by atoms with Crippen molar-refractivity contribution in [2.75, 3.05) is 32.1 Å². The van der Waals surface area contributed by atoms with Crippen molar-refractivity contribution in [1.29, 1.82) is 0 Å². The van der Waals surface area contributed by atoms with E-state index in [9.17, 15) is 4.79 Å². The number of anilines is 1. The summed E-state index contributed by atoms with van der Waals surface area (Å²) < 4.78 is 5.40. The molecule has 6 nitrogen and oxygen atoms in total. The summed E-state index contributed by atoms with van der Waals surface area (Å²) in [6.45, 7) is 2.68. The molecule has 3 unspecified atom stereocenters. The fraction of sp³-hybridized carbons (Fsp3) is 0.581. The van der Waals surface area contributed by atoms with Crippen molar-refractivity contribution < 1.29 is 9.53 Å². The van der Waals surface area contributed by atoms with Crippen molar-refractivity contribution in [3.8, 4) is 5.75 Å². The van der Waals surface area contributed by atoms with Gasteiger partial charge in [0.15, 0.2) is 0 Å². The Morgan fingerprint density at radius 2 is 1.51 bits per heavy atom. The molecule has 1 amide bonds. The van der Waals surface area contributed by atoms with Crippen LogP contribution in [0.15, 0.2) is 48.5 Å². The van der Waals surface area contributed by atoms with Gasteiger partial charge in [-0.2, -0.15) is 0 Å². The predicted octanol–water partition coefficient (Wildman–Crippen LogP) is 5.72. The molecule has 0 spiro atoms. The van der Waals surface area contributed by atoms with Crippen molar-refractivity contribution in [2.45, 2.75) is 82.5 Å². The summed E-state index contributed by atoms with van der Waals surface area (Å²) in [6.07, 6.45) is 12.7. The minimum absolute atomic E-state index is 0.00471. The van der Waals surface area contributed by atoms with E-state index in [1.165, 1.54) is 56.9 Å². The zero-order valence-corrected chi connectivity index (χ0v) is 22.4. The number of methoxy groups -OCH3 is 1. The maximum absolute atomic E-state index is 13.0. The molecule has 200 valence electrons. The van der Waals surface area contributed by atoms with Crippen molar-refractivity contribution in [3.05, 3.63) is 59.7 Å². The lowest BCUT2D eigenvalue weighted by Crippen LogP contribution is -2.62. The summed E-state index contributed by atoms with van der Waals surface area (Å²) in [5, 5.41) is 11.3. The van der Waals surface area contributed by atoms with Gasteiger partial charge in [0.2, 0.25) is 0 Å². The Morgan fingerprint density at radius 1 is 0.865 bits per heavy atom. The van der Waals surface area contributed by atoms with Crippen molar-refractivity contribution in [2.24, 2.45) is 5.92 Å². The zero-order valence-electron chi connectivity index (χ0n) is 22.4. The normalized spacial score (nSPS) is 25.6. The number of carbonyl (C=O) groups is 1. The van der Waals surface area contributed by atoms with Crippen molar-refractivity contribution in [1.82, 2.24) is 15.5 Å². The second-order valence-electron chi connectivity index (χ2n) is 11.1. The standard InChI is InChI=1S/C31H44N4O2/c1-37-27-18-14-23(15-19-27)28-22-32-31(34-29(28)24-10-6-2-3-7-11-24)33-26-16-12-25(13-17-26)30(36)35-20-8-4-5-9-21-35/h12-19,24,28-29,31-34H,2-11,20-22H2,1H3. The highest BCUT2D eigenvalue weighted by Gasteiger charge is 2.36. The highest BCUT2D eigenvalue weighted by Crippen LogP contribution is 2.35. The molecular weight excluding hydrogens is 460 g/mol. The van der Waals surface area contributed by atoms with E-state index in [-0.39, 0.29) is 12.2 Å². The van der Waals surface area contributed by atoms with Crippen LogP contribution < -0.4 is 20.7 Å². The quantitative estimate of drug-likeness (QED) is 0.439. The molecule has 3 aliphatic rings. The van der Waals surface area contributed by atoms with Gasteiger partial charge in [-0.05, 0) is 73.6 Å². The monoisotopic (exact) mass is 504 g/mol. The molecule has 0 radical (unpaired) electrons. The van der Waals surface area contributed by atoms with Gasteiger partial charge >= 0.3 is 0 Å². The molecule has 0 bridgehead atoms. The van der Waals surface area contributed by atoms with Gasteiger partial charge in [-0.15, -0.1) is 0 Å². The lowest BCUT2D eigenvalue weighted by Gasteiger charge is -2.43. The van der Waals surface area contributed by atoms with Crippen LogP contribution in [0, 0.1) is 5.92 Å². The molecule has 3 N–H and O–H groups in total. The Bertz CT molecular complexity index is 977. The Balaban J connectivity index is 1.26. The first-order chi connectivity index (χ1) is 18.2. The Kier molecular flexibility index (Phi) is 9.01. The van der Waals surface area contributed by atoms with E-state index in [1.54, 1.807) is 7.11 Å². The SMILES string of the molecule is COc1ccc(C2CNC(Nc3ccc(C(=O)N4CCCCCC4)cc3)NC2C2CCCCCC2)cc1. The molecule has 37 heavy (non-hydrogen) atoms. The molecule has 6 heteroatoms. The molecule has 3 fully saturated rings. The van der Waals surface area contributed by atoms with Gasteiger partial charge < -0.3 is 15.0 Å². The van der Waals surface area contributed by atoms with Crippen LogP contribution in [0.5, 0.6) is 5.75 Å². The molecule has 2 aromatic rings. The van der Waals surface area contributed by atoms with Gasteiger partial charge in [0.25, 0.3) is 5.91 Å². The second kappa shape index (κ2) is 12.8. The van der Waals surface area contributed by atoms with E-state index in [1.807, 2.05) is 29.2 Å². The number of ether oxygens (including phenoxy) is 1. The summed E-state index contributed by atoms with van der Waals surface area (Å²) in [5.74, 6) is 2.16. The second-order valence-corrected chi connectivity index (χ2v) is 11.1. The molecule has 1 aliphatic carbocycles. The predicted molar refractivity (Wildman–Crippen MR) is 150 cm³/mol. The third-order valence-electron chi connectivity index (χ3n) is 8.62. The molecular formula is C31H44N4O2. The number of likely N-dealkylation sites (tertiary alicyclic amines) is 1. The van der Waals surface area contributed by atoms with Gasteiger partial charge in [0.05, 0.1) is 7.11 Å². The van der Waals surface area contributed by atoms with Gasteiger partial charge in [-0.3, -0.25) is 15.4 Å². The van der Waals surface area contributed by atoms with E-state index in [4.69, 9.17) is 4.74 Å². The first-order valence-corrected chi connectivity index (χ1v) is 14.5. The highest BCUT2D eigenvalue weighted by molar-refractivity contribution is 5.94. The summed E-state index contributed by atoms with van der Waals surface area (Å²) in [6, 6.07) is 17.1. The van der Waals surface area contributed by atoms with E-state index in [2.05, 4.69) is 40.2 Å². The fourth-order valence-corrected chi connectivity index (χ4v) is 6.48. The third kappa shape index (κ3) is 6.66. The molecule has 2 heterocycles. The lowest BCUT2D eigenvalue weighted by molar-refractivity contribution is 0.0761. The topological polar surface area (TPSA) is 65.6 Å². The summed E-state index contributed by atoms with van der Waals surface area (Å²) >= 11 is 0. The van der Waals surface area contributed by atoms with E-state index >= 15 is 0 Å². The number of hydrogen-bond donors (Lipinski definition) is 3. The van der Waals surface area contributed by atoms with Gasteiger partial charge in [0.1, 0.15) is 12.0 Å². The molecule has 1 saturated carbocycles. The molecule has 2 aliphatic heterocycles. The van der Waals surface area contributed by atoms with Crippen LogP contribution in [0.4, 0.5) is 5.69 Å². The summed E-state index contributed by atoms with van der Waals surface area (Å²) in [5.41, 5.74) is 3.18. The van der Waals surface area contributed by atoms with Gasteiger partial charge in [0, 0.05) is 42.8 Å². The molecule has 5 rings (SSSR count). The van der Waals surface area contributed by atoms with Crippen molar-refractivity contribution >= 4 is 11.6 Å². The Labute approximate surface area is 222 Å². The van der Waals surface area contributed by atoms with E-state index in [0.717, 1.165) is 49.5 Å². The molecule has 3 atom stereocenters. The van der Waals surface area contributed by atoms with Crippen LogP contribution >= 0.6 is 0 Å². The summed E-state index contributed by atoms with van der Waals surface area (Å²) in [7, 11) is 1.72. The number of hydrogen-bond acceptors (Lipinski definition) is 5. The average molecular weight is 505 g/mol. The number of benzene rings is 2. The maximum Gasteiger partial charge on any atom is 0.253 e. The largest absolute Gasteiger partial charge is 0.497 e. The number of nitrogens with zero attached hydrogens (tertiary/aromatic N) is 1. The zero-order chi connectivity index (χ0) is 25.5. The molecule has 2 aromatic carbocycles. The Hall–Kier alpha value is -2.57. The van der Waals surface area contributed by atoms with Crippen LogP contribution in [-0.2, 0) is 0 Å². The number of nitrogens with one attached hydrogen (secondary N) is 3. The minimum atomic E-state index is -0.00471. The van der Waals surface area contributed by atoms with Crippen LogP contribution in [0.3, 0.4) is 0 Å². The van der Waals surface area contributed by atoms with Crippen LogP contribution in [0.25, 0.3) is 0 Å². The number of carbonyl (C=O) groups excluding carboxylic acids is 1. The number of rotatable bonds is 6. The van der Waals surface area contributed by atoms with Crippen molar-refractivity contribution in [3.63, 3.8) is 0 Å². The highest BCUT2D eigenvalue weighted by atomic mass is 16.5. The van der Waals surface area contributed by atoms with Crippen LogP contribution in [0.1, 0.15) is 86.0 Å². The van der Waals surface area contributed by atoms with E-state index < -0.39 is 0 Å². The average Bonchev–Trinajstić information content (AvgIpc) is 3.39. The van der Waals surface area contributed by atoms with Gasteiger partial charge in [-0.1, -0.05) is 50.7 Å². The van der Waals surface area contributed by atoms with Crippen LogP contribution in [0.2, 0.25) is 0 Å². The lowest BCUT2D eigenvalue weighted by atomic mass is 9.79. The maximum atomic E-state index is 13.0. The Morgan fingerprint density at radius 3 is 2.16 bits per heavy atom.